The number of nitrogens with one attached hydrogen (secondary N) is 1. The van der Waals surface area contributed by atoms with Crippen molar-refractivity contribution in [3.63, 3.8) is 0 Å². The van der Waals surface area contributed by atoms with Crippen LogP contribution < -0.4 is 5.32 Å². The molecule has 1 aliphatic rings. The van der Waals surface area contributed by atoms with Crippen LogP contribution in [0.5, 0.6) is 0 Å². The Morgan fingerprint density at radius 2 is 1.97 bits per heavy atom. The number of halogens is 3. The number of aromatic nitrogens is 3. The molecule has 4 rings (SSSR count). The first-order chi connectivity index (χ1) is 15.4. The zero-order valence-corrected chi connectivity index (χ0v) is 19.1. The lowest BCUT2D eigenvalue weighted by Crippen LogP contribution is -2.24. The molecule has 1 aliphatic carbocycles. The maximum atomic E-state index is 13.9. The summed E-state index contributed by atoms with van der Waals surface area (Å²) in [5.41, 5.74) is -0.395. The second-order valence-electron chi connectivity index (χ2n) is 7.79. The van der Waals surface area contributed by atoms with Gasteiger partial charge in [0.1, 0.15) is 5.82 Å². The predicted octanol–water partition coefficient (Wildman–Crippen LogP) is 5.97. The van der Waals surface area contributed by atoms with Crippen molar-refractivity contribution >= 4 is 34.7 Å². The second-order valence-corrected chi connectivity index (χ2v) is 10.1. The molecule has 1 fully saturated rings. The Balaban J connectivity index is 1.53. The van der Waals surface area contributed by atoms with Gasteiger partial charge in [-0.25, -0.2) is 13.2 Å². The molecule has 32 heavy (non-hydrogen) atoms. The smallest absolute Gasteiger partial charge is 0.237 e. The normalized spacial score (nSPS) is 15.6. The first-order valence-corrected chi connectivity index (χ1v) is 12.3. The Labute approximate surface area is 192 Å². The van der Waals surface area contributed by atoms with E-state index in [2.05, 4.69) is 26.1 Å². The highest BCUT2D eigenvalue weighted by atomic mass is 32.2. The zero-order chi connectivity index (χ0) is 22.7. The number of carbonyl (C=O) groups excluding carboxylic acids is 1. The summed E-state index contributed by atoms with van der Waals surface area (Å²) in [5.74, 6) is -4.00. The summed E-state index contributed by atoms with van der Waals surface area (Å²) >= 11 is 2.89. The summed E-state index contributed by atoms with van der Waals surface area (Å²) in [6.07, 6.45) is 6.21. The number of hydrogen-bond donors (Lipinski definition) is 1. The first kappa shape index (κ1) is 22.8. The van der Waals surface area contributed by atoms with Crippen LogP contribution in [0.4, 0.5) is 18.9 Å². The molecule has 0 radical (unpaired) electrons. The SMILES string of the molecule is CC(Sc1nnc(Cc2cccs2)n1C1CCCCC1)C(=O)Nc1ccc(F)c(F)c1F. The van der Waals surface area contributed by atoms with Gasteiger partial charge in [0.2, 0.25) is 5.91 Å². The third kappa shape index (κ3) is 5.01. The molecule has 5 nitrogen and oxygen atoms in total. The average Bonchev–Trinajstić information content (AvgIpc) is 3.45. The summed E-state index contributed by atoms with van der Waals surface area (Å²) < 4.78 is 42.7. The number of thiophene rings is 1. The lowest BCUT2D eigenvalue weighted by Gasteiger charge is -2.26. The lowest BCUT2D eigenvalue weighted by atomic mass is 9.95. The molecule has 170 valence electrons. The maximum Gasteiger partial charge on any atom is 0.237 e. The van der Waals surface area contributed by atoms with Crippen LogP contribution in [0.15, 0.2) is 34.8 Å². The molecule has 0 spiro atoms. The number of amides is 1. The van der Waals surface area contributed by atoms with Crippen molar-refractivity contribution in [1.29, 1.82) is 0 Å². The first-order valence-electron chi connectivity index (χ1n) is 10.5. The van der Waals surface area contributed by atoms with E-state index in [4.69, 9.17) is 0 Å². The van der Waals surface area contributed by atoms with Crippen molar-refractivity contribution in [3.05, 3.63) is 57.8 Å². The van der Waals surface area contributed by atoms with Crippen LogP contribution in [-0.4, -0.2) is 25.9 Å². The van der Waals surface area contributed by atoms with E-state index in [1.807, 2.05) is 11.4 Å². The van der Waals surface area contributed by atoms with Gasteiger partial charge in [-0.1, -0.05) is 37.1 Å². The third-order valence-electron chi connectivity index (χ3n) is 5.53. The Hall–Kier alpha value is -2.33. The molecule has 0 aliphatic heterocycles. The van der Waals surface area contributed by atoms with Gasteiger partial charge < -0.3 is 9.88 Å². The summed E-state index contributed by atoms with van der Waals surface area (Å²) in [5, 5.41) is 13.1. The van der Waals surface area contributed by atoms with Crippen LogP contribution in [0.2, 0.25) is 0 Å². The van der Waals surface area contributed by atoms with Gasteiger partial charge in [-0.3, -0.25) is 4.79 Å². The molecule has 1 atom stereocenters. The minimum atomic E-state index is -1.61. The van der Waals surface area contributed by atoms with Crippen molar-refractivity contribution in [2.75, 3.05) is 5.32 Å². The number of thioether (sulfide) groups is 1. The van der Waals surface area contributed by atoms with Crippen LogP contribution in [-0.2, 0) is 11.2 Å². The molecular weight excluding hydrogens is 457 g/mol. The van der Waals surface area contributed by atoms with E-state index in [1.54, 1.807) is 18.3 Å². The summed E-state index contributed by atoms with van der Waals surface area (Å²) in [4.78, 5) is 13.8. The van der Waals surface area contributed by atoms with E-state index in [-0.39, 0.29) is 6.04 Å². The van der Waals surface area contributed by atoms with Crippen molar-refractivity contribution in [1.82, 2.24) is 14.8 Å². The van der Waals surface area contributed by atoms with E-state index in [9.17, 15) is 18.0 Å². The molecular formula is C22H23F3N4OS2. The maximum absolute atomic E-state index is 13.9. The minimum Gasteiger partial charge on any atom is -0.323 e. The van der Waals surface area contributed by atoms with Gasteiger partial charge in [-0.05, 0) is 43.3 Å². The molecule has 2 heterocycles. The van der Waals surface area contributed by atoms with Crippen molar-refractivity contribution in [2.45, 2.75) is 61.9 Å². The largest absolute Gasteiger partial charge is 0.323 e. The predicted molar refractivity (Wildman–Crippen MR) is 120 cm³/mol. The van der Waals surface area contributed by atoms with Gasteiger partial charge in [0.25, 0.3) is 0 Å². The molecule has 1 aromatic carbocycles. The number of nitrogens with zero attached hydrogens (tertiary/aromatic N) is 3. The highest BCUT2D eigenvalue weighted by molar-refractivity contribution is 8.00. The Morgan fingerprint density at radius 3 is 2.69 bits per heavy atom. The van der Waals surface area contributed by atoms with Crippen LogP contribution in [0.3, 0.4) is 0 Å². The number of anilines is 1. The molecule has 1 unspecified atom stereocenters. The fourth-order valence-corrected chi connectivity index (χ4v) is 5.49. The summed E-state index contributed by atoms with van der Waals surface area (Å²) in [7, 11) is 0. The second kappa shape index (κ2) is 10.1. The van der Waals surface area contributed by atoms with Gasteiger partial charge in [0.05, 0.1) is 10.9 Å². The fourth-order valence-electron chi connectivity index (χ4n) is 3.85. The average molecular weight is 481 g/mol. The molecule has 3 aromatic rings. The van der Waals surface area contributed by atoms with Crippen LogP contribution in [0, 0.1) is 17.5 Å². The van der Waals surface area contributed by atoms with Gasteiger partial charge in [-0.15, -0.1) is 21.5 Å². The van der Waals surface area contributed by atoms with Gasteiger partial charge in [-0.2, -0.15) is 0 Å². The molecule has 0 saturated heterocycles. The number of rotatable bonds is 7. The number of carbonyl (C=O) groups is 1. The van der Waals surface area contributed by atoms with Crippen LogP contribution in [0.1, 0.15) is 55.8 Å². The standard InChI is InChI=1S/C22H23F3N4OS2/c1-13(21(30)26-17-10-9-16(23)19(24)20(17)25)32-22-28-27-18(12-15-8-5-11-31-15)29(22)14-6-3-2-4-7-14/h5,8-11,13-14H,2-4,6-7,12H2,1H3,(H,26,30). The monoisotopic (exact) mass is 480 g/mol. The van der Waals surface area contributed by atoms with Crippen LogP contribution >= 0.6 is 23.1 Å². The van der Waals surface area contributed by atoms with E-state index in [1.165, 1.54) is 23.1 Å². The van der Waals surface area contributed by atoms with Gasteiger partial charge >= 0.3 is 0 Å². The quantitative estimate of drug-likeness (QED) is 0.334. The van der Waals surface area contributed by atoms with E-state index in [0.717, 1.165) is 43.6 Å². The Kier molecular flexibility index (Phi) is 7.20. The fraction of sp³-hybridized carbons (Fsp3) is 0.409. The number of hydrogen-bond acceptors (Lipinski definition) is 5. The minimum absolute atomic E-state index is 0.273. The highest BCUT2D eigenvalue weighted by Gasteiger charge is 2.26. The third-order valence-corrected chi connectivity index (χ3v) is 7.47. The zero-order valence-electron chi connectivity index (χ0n) is 17.5. The number of benzene rings is 1. The van der Waals surface area contributed by atoms with Crippen molar-refractivity contribution in [2.24, 2.45) is 0 Å². The van der Waals surface area contributed by atoms with Gasteiger partial charge in [0.15, 0.2) is 22.6 Å². The van der Waals surface area contributed by atoms with E-state index < -0.39 is 34.3 Å². The Morgan fingerprint density at radius 1 is 1.19 bits per heavy atom. The summed E-state index contributed by atoms with van der Waals surface area (Å²) in [6.45, 7) is 1.66. The highest BCUT2D eigenvalue weighted by Crippen LogP contribution is 2.35. The lowest BCUT2D eigenvalue weighted by molar-refractivity contribution is -0.115. The topological polar surface area (TPSA) is 59.8 Å². The molecule has 0 bridgehead atoms. The van der Waals surface area contributed by atoms with Crippen LogP contribution in [0.25, 0.3) is 0 Å². The molecule has 1 N–H and O–H groups in total. The molecule has 1 amide bonds. The molecule has 10 heteroatoms. The summed E-state index contributed by atoms with van der Waals surface area (Å²) in [6, 6.07) is 6.12. The van der Waals surface area contributed by atoms with Crippen molar-refractivity contribution in [3.8, 4) is 0 Å². The molecule has 1 saturated carbocycles. The van der Waals surface area contributed by atoms with Gasteiger partial charge in [0, 0.05) is 17.3 Å². The van der Waals surface area contributed by atoms with E-state index >= 15 is 0 Å². The Bertz CT molecular complexity index is 1080. The van der Waals surface area contributed by atoms with E-state index in [0.29, 0.717) is 11.6 Å². The molecule has 2 aromatic heterocycles. The van der Waals surface area contributed by atoms with Crippen molar-refractivity contribution < 1.29 is 18.0 Å².